The van der Waals surface area contributed by atoms with E-state index in [0.717, 1.165) is 29.9 Å². The second kappa shape index (κ2) is 8.17. The maximum absolute atomic E-state index is 12.0. The molecule has 1 saturated heterocycles. The van der Waals surface area contributed by atoms with E-state index < -0.39 is 5.97 Å². The fraction of sp³-hybridized carbons (Fsp3) is 0.391. The Morgan fingerprint density at radius 2 is 1.91 bits per heavy atom. The number of morpholine rings is 1. The van der Waals surface area contributed by atoms with E-state index in [1.807, 2.05) is 23.6 Å². The van der Waals surface area contributed by atoms with E-state index in [2.05, 4.69) is 15.0 Å². The first-order chi connectivity index (χ1) is 16.6. The Bertz CT molecular complexity index is 1370. The van der Waals surface area contributed by atoms with Crippen LogP contribution in [0.3, 0.4) is 0 Å². The third kappa shape index (κ3) is 3.48. The molecule has 1 N–H and O–H groups in total. The van der Waals surface area contributed by atoms with Crippen LogP contribution in [0.2, 0.25) is 0 Å². The van der Waals surface area contributed by atoms with Gasteiger partial charge in [0.2, 0.25) is 0 Å². The number of anilines is 1. The Morgan fingerprint density at radius 1 is 1.15 bits per heavy atom. The molecular formula is C23H24N8O3. The van der Waals surface area contributed by atoms with Crippen molar-refractivity contribution in [1.82, 2.24) is 34.3 Å². The molecule has 5 heterocycles. The van der Waals surface area contributed by atoms with Crippen molar-refractivity contribution in [2.24, 2.45) is 0 Å². The van der Waals surface area contributed by atoms with Crippen LogP contribution in [0.4, 0.5) is 5.82 Å². The number of pyridine rings is 1. The van der Waals surface area contributed by atoms with Crippen molar-refractivity contribution >= 4 is 23.0 Å². The molecule has 174 valence electrons. The van der Waals surface area contributed by atoms with Gasteiger partial charge in [-0.1, -0.05) is 0 Å². The van der Waals surface area contributed by atoms with Gasteiger partial charge < -0.3 is 19.3 Å². The highest BCUT2D eigenvalue weighted by Gasteiger charge is 2.31. The number of fused-ring (bicyclic) bond motifs is 1. The van der Waals surface area contributed by atoms with E-state index in [9.17, 15) is 9.90 Å². The zero-order chi connectivity index (χ0) is 23.2. The summed E-state index contributed by atoms with van der Waals surface area (Å²) in [6.07, 6.45) is 5.51. The number of rotatable bonds is 6. The van der Waals surface area contributed by atoms with Crippen LogP contribution >= 0.6 is 0 Å². The molecule has 2 fully saturated rings. The van der Waals surface area contributed by atoms with Crippen LogP contribution in [0, 0.1) is 0 Å². The molecule has 0 aromatic carbocycles. The third-order valence-electron chi connectivity index (χ3n) is 6.26. The van der Waals surface area contributed by atoms with E-state index in [-0.39, 0.29) is 11.6 Å². The predicted molar refractivity (Wildman–Crippen MR) is 123 cm³/mol. The minimum absolute atomic E-state index is 0.0612. The van der Waals surface area contributed by atoms with Crippen molar-refractivity contribution in [3.8, 4) is 17.3 Å². The molecule has 2 aliphatic rings. The molecule has 1 saturated carbocycles. The summed E-state index contributed by atoms with van der Waals surface area (Å²) in [5, 5.41) is 14.5. The fourth-order valence-electron chi connectivity index (χ4n) is 4.37. The summed E-state index contributed by atoms with van der Waals surface area (Å²) < 4.78 is 8.92. The Labute approximate surface area is 195 Å². The molecule has 11 heteroatoms. The van der Waals surface area contributed by atoms with Crippen molar-refractivity contribution in [2.75, 3.05) is 31.2 Å². The first-order valence-corrected chi connectivity index (χ1v) is 11.5. The number of carboxylic acid groups (broad SMARTS) is 1. The van der Waals surface area contributed by atoms with Gasteiger partial charge in [-0.3, -0.25) is 4.98 Å². The maximum atomic E-state index is 12.0. The molecule has 34 heavy (non-hydrogen) atoms. The second-order valence-corrected chi connectivity index (χ2v) is 8.48. The summed E-state index contributed by atoms with van der Waals surface area (Å²) in [6, 6.07) is 5.46. The average Bonchev–Trinajstić information content (AvgIpc) is 3.51. The number of carbonyl (C=O) groups is 1. The Kier molecular flexibility index (Phi) is 4.98. The highest BCUT2D eigenvalue weighted by atomic mass is 16.5. The van der Waals surface area contributed by atoms with Crippen LogP contribution < -0.4 is 4.90 Å². The van der Waals surface area contributed by atoms with E-state index in [4.69, 9.17) is 19.7 Å². The molecule has 1 aliphatic carbocycles. The number of nitrogens with zero attached hydrogens (tertiary/aromatic N) is 8. The molecule has 0 amide bonds. The highest BCUT2D eigenvalue weighted by molar-refractivity contribution is 5.89. The summed E-state index contributed by atoms with van der Waals surface area (Å²) in [5.41, 5.74) is 3.07. The van der Waals surface area contributed by atoms with Gasteiger partial charge in [-0.25, -0.2) is 9.78 Å². The minimum Gasteiger partial charge on any atom is -0.477 e. The van der Waals surface area contributed by atoms with Crippen LogP contribution in [0.1, 0.15) is 41.9 Å². The fourth-order valence-corrected chi connectivity index (χ4v) is 4.37. The number of aromatic nitrogens is 7. The van der Waals surface area contributed by atoms with Crippen LogP contribution in [0.15, 0.2) is 30.6 Å². The van der Waals surface area contributed by atoms with Gasteiger partial charge in [0.15, 0.2) is 22.7 Å². The van der Waals surface area contributed by atoms with Gasteiger partial charge in [0.25, 0.3) is 5.95 Å². The molecular weight excluding hydrogens is 436 g/mol. The summed E-state index contributed by atoms with van der Waals surface area (Å²) in [5.74, 6) is 0.900. The monoisotopic (exact) mass is 460 g/mol. The standard InChI is InChI=1S/C23H24N8O3/c1-2-30-19(15-5-7-24-8-6-15)25-18-20(29-9-11-34-12-10-29)26-23(27-21(18)30)31-17(22(32)33)13-16(28-31)14-3-4-14/h5-8,13-14H,2-4,9-12H2,1H3,(H,32,33). The zero-order valence-corrected chi connectivity index (χ0v) is 18.8. The molecule has 0 radical (unpaired) electrons. The van der Waals surface area contributed by atoms with Crippen LogP contribution in [-0.4, -0.2) is 71.7 Å². The summed E-state index contributed by atoms with van der Waals surface area (Å²) in [6.45, 7) is 5.15. The van der Waals surface area contributed by atoms with E-state index >= 15 is 0 Å². The van der Waals surface area contributed by atoms with Crippen molar-refractivity contribution in [1.29, 1.82) is 0 Å². The smallest absolute Gasteiger partial charge is 0.354 e. The van der Waals surface area contributed by atoms with Crippen molar-refractivity contribution in [2.45, 2.75) is 32.2 Å². The van der Waals surface area contributed by atoms with E-state index in [1.54, 1.807) is 18.5 Å². The number of aryl methyl sites for hydroxylation is 1. The van der Waals surface area contributed by atoms with E-state index in [0.29, 0.717) is 55.7 Å². The molecule has 4 aromatic heterocycles. The van der Waals surface area contributed by atoms with Crippen LogP contribution in [0.25, 0.3) is 28.5 Å². The Hall–Kier alpha value is -3.86. The predicted octanol–water partition coefficient (Wildman–Crippen LogP) is 2.51. The zero-order valence-electron chi connectivity index (χ0n) is 18.8. The number of hydrogen-bond donors (Lipinski definition) is 1. The quantitative estimate of drug-likeness (QED) is 0.462. The highest BCUT2D eigenvalue weighted by Crippen LogP contribution is 2.40. The number of ether oxygens (including phenoxy) is 1. The lowest BCUT2D eigenvalue weighted by atomic mass is 10.2. The molecule has 0 atom stereocenters. The van der Waals surface area contributed by atoms with Gasteiger partial charge in [0.05, 0.1) is 18.9 Å². The SMILES string of the molecule is CCn1c(-c2ccncc2)nc2c(N3CCOCC3)nc(-n3nc(C4CC4)cc3C(=O)O)nc21. The summed E-state index contributed by atoms with van der Waals surface area (Å²) in [7, 11) is 0. The first-order valence-electron chi connectivity index (χ1n) is 11.5. The van der Waals surface area contributed by atoms with Crippen molar-refractivity contribution in [3.63, 3.8) is 0 Å². The normalized spacial score (nSPS) is 16.3. The van der Waals surface area contributed by atoms with Gasteiger partial charge in [0, 0.05) is 43.5 Å². The minimum atomic E-state index is -1.06. The largest absolute Gasteiger partial charge is 0.477 e. The van der Waals surface area contributed by atoms with Gasteiger partial charge >= 0.3 is 5.97 Å². The van der Waals surface area contributed by atoms with Crippen LogP contribution in [0.5, 0.6) is 0 Å². The van der Waals surface area contributed by atoms with E-state index in [1.165, 1.54) is 4.68 Å². The van der Waals surface area contributed by atoms with Gasteiger partial charge in [0.1, 0.15) is 5.82 Å². The first kappa shape index (κ1) is 20.7. The second-order valence-electron chi connectivity index (χ2n) is 8.48. The number of aromatic carboxylic acids is 1. The molecule has 0 bridgehead atoms. The van der Waals surface area contributed by atoms with Gasteiger partial charge in [-0.15, -0.1) is 0 Å². The summed E-state index contributed by atoms with van der Waals surface area (Å²) >= 11 is 0. The number of hydrogen-bond acceptors (Lipinski definition) is 8. The number of carboxylic acids is 1. The molecule has 1 aliphatic heterocycles. The molecule has 6 rings (SSSR count). The van der Waals surface area contributed by atoms with Crippen LogP contribution in [-0.2, 0) is 11.3 Å². The lowest BCUT2D eigenvalue weighted by Gasteiger charge is -2.28. The Morgan fingerprint density at radius 3 is 2.59 bits per heavy atom. The van der Waals surface area contributed by atoms with Gasteiger partial charge in [-0.2, -0.15) is 19.7 Å². The lowest BCUT2D eigenvalue weighted by Crippen LogP contribution is -2.37. The average molecular weight is 460 g/mol. The Balaban J connectivity index is 1.60. The topological polar surface area (TPSA) is 124 Å². The molecule has 11 nitrogen and oxygen atoms in total. The molecule has 0 spiro atoms. The van der Waals surface area contributed by atoms with Gasteiger partial charge in [-0.05, 0) is 38.0 Å². The maximum Gasteiger partial charge on any atom is 0.354 e. The molecule has 0 unspecified atom stereocenters. The van der Waals surface area contributed by atoms with Crippen molar-refractivity contribution in [3.05, 3.63) is 42.0 Å². The number of imidazole rings is 1. The summed E-state index contributed by atoms with van der Waals surface area (Å²) in [4.78, 5) is 32.9. The molecule has 4 aromatic rings. The third-order valence-corrected chi connectivity index (χ3v) is 6.26. The lowest BCUT2D eigenvalue weighted by molar-refractivity contribution is 0.0686. The van der Waals surface area contributed by atoms with Crippen molar-refractivity contribution < 1.29 is 14.6 Å².